The molecule has 0 spiro atoms. The van der Waals surface area contributed by atoms with Crippen LogP contribution in [0.3, 0.4) is 0 Å². The number of rotatable bonds is 4. The summed E-state index contributed by atoms with van der Waals surface area (Å²) in [6, 6.07) is 11.6. The lowest BCUT2D eigenvalue weighted by Crippen LogP contribution is -2.05. The standard InChI is InChI=1S/C15H14N2O2/c16-9-11-6-5-10(7-13(11)17)8-15(19)12-3-1-2-4-14(12)18/h1-7,9,16,18H,8,17H2. The number of carbonyl (C=O) groups excluding carboxylic acids is 1. The highest BCUT2D eigenvalue weighted by Crippen LogP contribution is 2.19. The van der Waals surface area contributed by atoms with Crippen molar-refractivity contribution in [3.8, 4) is 5.75 Å². The van der Waals surface area contributed by atoms with Gasteiger partial charge in [-0.1, -0.05) is 24.3 Å². The van der Waals surface area contributed by atoms with Crippen molar-refractivity contribution < 1.29 is 9.90 Å². The Hall–Kier alpha value is -2.62. The molecule has 4 nitrogen and oxygen atoms in total. The summed E-state index contributed by atoms with van der Waals surface area (Å²) < 4.78 is 0. The van der Waals surface area contributed by atoms with Gasteiger partial charge in [0.05, 0.1) is 5.56 Å². The fourth-order valence-electron chi connectivity index (χ4n) is 1.86. The molecular weight excluding hydrogens is 240 g/mol. The van der Waals surface area contributed by atoms with Gasteiger partial charge in [0.25, 0.3) is 0 Å². The Balaban J connectivity index is 2.22. The zero-order chi connectivity index (χ0) is 13.8. The van der Waals surface area contributed by atoms with E-state index in [1.165, 1.54) is 12.3 Å². The molecular formula is C15H14N2O2. The number of anilines is 1. The van der Waals surface area contributed by atoms with Crippen LogP contribution in [0.25, 0.3) is 0 Å². The number of ketones is 1. The molecule has 0 saturated heterocycles. The van der Waals surface area contributed by atoms with E-state index in [1.807, 2.05) is 0 Å². The molecule has 0 heterocycles. The minimum Gasteiger partial charge on any atom is -0.507 e. The Kier molecular flexibility index (Phi) is 3.61. The van der Waals surface area contributed by atoms with Crippen molar-refractivity contribution in [1.29, 1.82) is 5.41 Å². The largest absolute Gasteiger partial charge is 0.507 e. The monoisotopic (exact) mass is 254 g/mol. The predicted molar refractivity (Wildman–Crippen MR) is 74.9 cm³/mol. The molecule has 2 aromatic carbocycles. The molecule has 0 fully saturated rings. The predicted octanol–water partition coefficient (Wildman–Crippen LogP) is 2.40. The summed E-state index contributed by atoms with van der Waals surface area (Å²) >= 11 is 0. The number of hydrogen-bond acceptors (Lipinski definition) is 4. The summed E-state index contributed by atoms with van der Waals surface area (Å²) in [6.45, 7) is 0. The quantitative estimate of drug-likeness (QED) is 0.445. The highest BCUT2D eigenvalue weighted by molar-refractivity contribution is 6.00. The van der Waals surface area contributed by atoms with E-state index in [0.717, 1.165) is 5.56 Å². The summed E-state index contributed by atoms with van der Waals surface area (Å²) in [5.74, 6) is -0.184. The van der Waals surface area contributed by atoms with Crippen LogP contribution in [0.2, 0.25) is 0 Å². The summed E-state index contributed by atoms with van der Waals surface area (Å²) in [7, 11) is 0. The van der Waals surface area contributed by atoms with E-state index >= 15 is 0 Å². The van der Waals surface area contributed by atoms with Gasteiger partial charge < -0.3 is 16.2 Å². The summed E-state index contributed by atoms with van der Waals surface area (Å²) in [4.78, 5) is 12.1. The van der Waals surface area contributed by atoms with E-state index in [1.54, 1.807) is 36.4 Å². The number of benzene rings is 2. The Morgan fingerprint density at radius 3 is 2.63 bits per heavy atom. The average molecular weight is 254 g/mol. The number of carbonyl (C=O) groups is 1. The smallest absolute Gasteiger partial charge is 0.170 e. The second-order valence-corrected chi connectivity index (χ2v) is 4.22. The maximum absolute atomic E-state index is 12.1. The van der Waals surface area contributed by atoms with Crippen molar-refractivity contribution >= 4 is 17.7 Å². The number of nitrogen functional groups attached to an aromatic ring is 1. The van der Waals surface area contributed by atoms with E-state index in [2.05, 4.69) is 0 Å². The molecule has 0 aromatic heterocycles. The van der Waals surface area contributed by atoms with Crippen molar-refractivity contribution in [2.24, 2.45) is 0 Å². The molecule has 2 aromatic rings. The van der Waals surface area contributed by atoms with Crippen molar-refractivity contribution in [1.82, 2.24) is 0 Å². The maximum Gasteiger partial charge on any atom is 0.170 e. The lowest BCUT2D eigenvalue weighted by molar-refractivity contribution is 0.0990. The second kappa shape index (κ2) is 5.35. The van der Waals surface area contributed by atoms with E-state index < -0.39 is 0 Å². The van der Waals surface area contributed by atoms with Gasteiger partial charge in [0.1, 0.15) is 5.75 Å². The topological polar surface area (TPSA) is 87.2 Å². The SMILES string of the molecule is N=Cc1ccc(CC(=O)c2ccccc2O)cc1N. The first-order chi connectivity index (χ1) is 9.11. The number of nitrogens with two attached hydrogens (primary N) is 1. The normalized spacial score (nSPS) is 10.1. The van der Waals surface area contributed by atoms with Crippen molar-refractivity contribution in [3.05, 3.63) is 59.2 Å². The Bertz CT molecular complexity index is 636. The van der Waals surface area contributed by atoms with Crippen molar-refractivity contribution in [2.75, 3.05) is 5.73 Å². The van der Waals surface area contributed by atoms with Crippen LogP contribution in [-0.4, -0.2) is 17.1 Å². The van der Waals surface area contributed by atoms with Crippen LogP contribution >= 0.6 is 0 Å². The molecule has 0 unspecified atom stereocenters. The number of nitrogens with one attached hydrogen (secondary N) is 1. The molecule has 2 rings (SSSR count). The van der Waals surface area contributed by atoms with Crippen LogP contribution in [0.15, 0.2) is 42.5 Å². The molecule has 4 heteroatoms. The third kappa shape index (κ3) is 2.80. The van der Waals surface area contributed by atoms with Gasteiger partial charge in [0, 0.05) is 23.9 Å². The number of para-hydroxylation sites is 1. The van der Waals surface area contributed by atoms with Gasteiger partial charge in [-0.3, -0.25) is 4.79 Å². The van der Waals surface area contributed by atoms with Crippen LogP contribution in [0.1, 0.15) is 21.5 Å². The third-order valence-electron chi connectivity index (χ3n) is 2.88. The van der Waals surface area contributed by atoms with E-state index in [-0.39, 0.29) is 18.0 Å². The Labute approximate surface area is 111 Å². The van der Waals surface area contributed by atoms with Gasteiger partial charge in [-0.05, 0) is 23.8 Å². The molecule has 96 valence electrons. The highest BCUT2D eigenvalue weighted by Gasteiger charge is 2.11. The van der Waals surface area contributed by atoms with E-state index in [9.17, 15) is 9.90 Å². The van der Waals surface area contributed by atoms with Crippen LogP contribution in [-0.2, 0) is 6.42 Å². The first-order valence-corrected chi connectivity index (χ1v) is 5.82. The Morgan fingerprint density at radius 2 is 2.00 bits per heavy atom. The number of hydrogen-bond donors (Lipinski definition) is 3. The zero-order valence-corrected chi connectivity index (χ0v) is 10.3. The van der Waals surface area contributed by atoms with Gasteiger partial charge in [-0.15, -0.1) is 0 Å². The van der Waals surface area contributed by atoms with Crippen LogP contribution in [0.4, 0.5) is 5.69 Å². The molecule has 4 N–H and O–H groups in total. The highest BCUT2D eigenvalue weighted by atomic mass is 16.3. The van der Waals surface area contributed by atoms with Crippen LogP contribution in [0.5, 0.6) is 5.75 Å². The minimum absolute atomic E-state index is 0.0171. The van der Waals surface area contributed by atoms with Gasteiger partial charge in [0.15, 0.2) is 5.78 Å². The van der Waals surface area contributed by atoms with Gasteiger partial charge in [-0.2, -0.15) is 0 Å². The molecule has 0 bridgehead atoms. The number of Topliss-reactive ketones (excluding diaryl/α,β-unsaturated/α-hetero) is 1. The van der Waals surface area contributed by atoms with Crippen LogP contribution in [0, 0.1) is 5.41 Å². The summed E-state index contributed by atoms with van der Waals surface area (Å²) in [5.41, 5.74) is 7.92. The van der Waals surface area contributed by atoms with Crippen LogP contribution < -0.4 is 5.73 Å². The first-order valence-electron chi connectivity index (χ1n) is 5.82. The lowest BCUT2D eigenvalue weighted by atomic mass is 10.0. The molecule has 0 aliphatic rings. The first kappa shape index (κ1) is 12.8. The fraction of sp³-hybridized carbons (Fsp3) is 0.0667. The molecule has 0 atom stereocenters. The summed E-state index contributed by atoms with van der Waals surface area (Å²) in [6.07, 6.45) is 1.34. The molecule has 0 amide bonds. The molecule has 0 radical (unpaired) electrons. The number of phenols is 1. The average Bonchev–Trinajstić information content (AvgIpc) is 2.39. The second-order valence-electron chi connectivity index (χ2n) is 4.22. The minimum atomic E-state index is -0.167. The number of aromatic hydroxyl groups is 1. The van der Waals surface area contributed by atoms with Crippen molar-refractivity contribution in [3.63, 3.8) is 0 Å². The van der Waals surface area contributed by atoms with Gasteiger partial charge >= 0.3 is 0 Å². The molecule has 0 aliphatic heterocycles. The molecule has 0 saturated carbocycles. The van der Waals surface area contributed by atoms with Crippen molar-refractivity contribution in [2.45, 2.75) is 6.42 Å². The fourth-order valence-corrected chi connectivity index (χ4v) is 1.86. The maximum atomic E-state index is 12.1. The zero-order valence-electron chi connectivity index (χ0n) is 10.3. The third-order valence-corrected chi connectivity index (χ3v) is 2.88. The van der Waals surface area contributed by atoms with Gasteiger partial charge in [0.2, 0.25) is 0 Å². The van der Waals surface area contributed by atoms with Gasteiger partial charge in [-0.25, -0.2) is 0 Å². The summed E-state index contributed by atoms with van der Waals surface area (Å²) in [5, 5.41) is 16.8. The Morgan fingerprint density at radius 1 is 1.26 bits per heavy atom. The number of phenolic OH excluding ortho intramolecular Hbond substituents is 1. The van der Waals surface area contributed by atoms with E-state index in [0.29, 0.717) is 16.8 Å². The molecule has 19 heavy (non-hydrogen) atoms. The van der Waals surface area contributed by atoms with E-state index in [4.69, 9.17) is 11.1 Å². The lowest BCUT2D eigenvalue weighted by Gasteiger charge is -2.06. The molecule has 0 aliphatic carbocycles.